The lowest BCUT2D eigenvalue weighted by Crippen LogP contribution is -2.50. The Morgan fingerprint density at radius 2 is 1.56 bits per heavy atom. The first kappa shape index (κ1) is 27.2. The number of nitrogens with one attached hydrogen (secondary N) is 3. The topological polar surface area (TPSA) is 125 Å². The van der Waals surface area contributed by atoms with Crippen LogP contribution >= 0.6 is 0 Å². The fourth-order valence-corrected chi connectivity index (χ4v) is 4.16. The lowest BCUT2D eigenvalue weighted by molar-refractivity contribution is -0.126. The van der Waals surface area contributed by atoms with E-state index in [-0.39, 0.29) is 49.8 Å². The molecular formula is C25H33N3O5S. The van der Waals surface area contributed by atoms with Crippen LogP contribution < -0.4 is 10.6 Å². The first-order valence-electron chi connectivity index (χ1n) is 11.3. The van der Waals surface area contributed by atoms with Crippen LogP contribution in [0, 0.1) is 11.3 Å². The lowest BCUT2D eigenvalue weighted by atomic mass is 10.0. The minimum atomic E-state index is -3.65. The molecule has 0 saturated heterocycles. The Balaban J connectivity index is 1.94. The van der Waals surface area contributed by atoms with Gasteiger partial charge in [0.05, 0.1) is 12.4 Å². The molecule has 0 radical (unpaired) electrons. The maximum atomic E-state index is 12.8. The van der Waals surface area contributed by atoms with E-state index in [4.69, 9.17) is 9.59 Å². The molecule has 2 aromatic rings. The van der Waals surface area contributed by atoms with Crippen molar-refractivity contribution in [3.8, 4) is 0 Å². The fourth-order valence-electron chi connectivity index (χ4n) is 3.07. The number of benzene rings is 2. The molecule has 0 aliphatic heterocycles. The maximum absolute atomic E-state index is 12.8. The average molecular weight is 488 g/mol. The van der Waals surface area contributed by atoms with Crippen LogP contribution in [0.15, 0.2) is 60.7 Å². The summed E-state index contributed by atoms with van der Waals surface area (Å²) >= 11 is 0. The van der Waals surface area contributed by atoms with Crippen molar-refractivity contribution < 1.29 is 22.2 Å². The van der Waals surface area contributed by atoms with Crippen molar-refractivity contribution >= 4 is 27.6 Å². The predicted octanol–water partition coefficient (Wildman–Crippen LogP) is 2.49. The highest BCUT2D eigenvalue weighted by Gasteiger charge is 2.23. The third kappa shape index (κ3) is 10.3. The number of rotatable bonds is 14. The first-order chi connectivity index (χ1) is 16.2. The van der Waals surface area contributed by atoms with Crippen LogP contribution in [0.3, 0.4) is 0 Å². The van der Waals surface area contributed by atoms with E-state index in [1.54, 1.807) is 0 Å². The summed E-state index contributed by atoms with van der Waals surface area (Å²) in [5.74, 6) is -1.18. The molecular weight excluding hydrogens is 454 g/mol. The quantitative estimate of drug-likeness (QED) is 0.214. The van der Waals surface area contributed by atoms with Crippen LogP contribution in [-0.4, -0.2) is 50.9 Å². The third-order valence-corrected chi connectivity index (χ3v) is 6.14. The Bertz CT molecular complexity index is 1040. The van der Waals surface area contributed by atoms with E-state index < -0.39 is 28.0 Å². The molecule has 34 heavy (non-hydrogen) atoms. The van der Waals surface area contributed by atoms with Crippen molar-refractivity contribution in [3.63, 3.8) is 0 Å². The highest BCUT2D eigenvalue weighted by atomic mass is 32.2. The average Bonchev–Trinajstić information content (AvgIpc) is 2.81. The molecule has 0 aromatic heterocycles. The van der Waals surface area contributed by atoms with E-state index >= 15 is 0 Å². The van der Waals surface area contributed by atoms with Gasteiger partial charge >= 0.3 is 0 Å². The van der Waals surface area contributed by atoms with Crippen molar-refractivity contribution in [2.75, 3.05) is 18.9 Å². The van der Waals surface area contributed by atoms with E-state index in [2.05, 4.69) is 10.6 Å². The van der Waals surface area contributed by atoms with Crippen LogP contribution in [0.4, 0.5) is 0 Å². The standard InChI is InChI=1S/C25H33N3O5S/c1-19(2)18-33-34(31,32)15-9-14-27-25(30)23(17-21-12-7-4-8-13-21)28-24(29)22(26)16-20-10-5-3-6-11-20/h3-8,10-13,19,23,26H,9,14-18H2,1-2H3,(H,27,30)(H,28,29)/t23-/m0/s1. The second kappa shape index (κ2) is 13.6. The number of hydrogen-bond acceptors (Lipinski definition) is 6. The molecule has 0 aliphatic carbocycles. The summed E-state index contributed by atoms with van der Waals surface area (Å²) in [5, 5.41) is 13.5. The SMILES string of the molecule is CC(C)COS(=O)(=O)CCCNC(=O)[C@H](Cc1ccccc1)NC(=O)C(=N)Cc1ccccc1. The van der Waals surface area contributed by atoms with E-state index in [9.17, 15) is 18.0 Å². The molecule has 184 valence electrons. The van der Waals surface area contributed by atoms with E-state index in [0.717, 1.165) is 11.1 Å². The summed E-state index contributed by atoms with van der Waals surface area (Å²) in [7, 11) is -3.65. The zero-order chi connectivity index (χ0) is 25.0. The van der Waals surface area contributed by atoms with Gasteiger partial charge in [0.2, 0.25) is 5.91 Å². The number of hydrogen-bond donors (Lipinski definition) is 3. The molecule has 1 atom stereocenters. The monoisotopic (exact) mass is 487 g/mol. The molecule has 0 heterocycles. The van der Waals surface area contributed by atoms with Gasteiger partial charge in [-0.1, -0.05) is 74.5 Å². The Labute approximate surface area is 201 Å². The normalized spacial score (nSPS) is 12.2. The van der Waals surface area contributed by atoms with Gasteiger partial charge in [0.15, 0.2) is 0 Å². The van der Waals surface area contributed by atoms with Crippen LogP contribution in [0.5, 0.6) is 0 Å². The number of carbonyl (C=O) groups excluding carboxylic acids is 2. The van der Waals surface area contributed by atoms with Crippen LogP contribution in [0.25, 0.3) is 0 Å². The fraction of sp³-hybridized carbons (Fsp3) is 0.400. The molecule has 2 rings (SSSR count). The Morgan fingerprint density at radius 1 is 0.971 bits per heavy atom. The zero-order valence-electron chi connectivity index (χ0n) is 19.6. The van der Waals surface area contributed by atoms with Gasteiger partial charge in [-0.3, -0.25) is 19.2 Å². The minimum Gasteiger partial charge on any atom is -0.354 e. The van der Waals surface area contributed by atoms with Gasteiger partial charge < -0.3 is 10.6 Å². The molecule has 0 aliphatic rings. The van der Waals surface area contributed by atoms with E-state index in [1.807, 2.05) is 74.5 Å². The first-order valence-corrected chi connectivity index (χ1v) is 12.8. The van der Waals surface area contributed by atoms with Gasteiger partial charge in [0.1, 0.15) is 11.8 Å². The van der Waals surface area contributed by atoms with E-state index in [0.29, 0.717) is 0 Å². The predicted molar refractivity (Wildman–Crippen MR) is 132 cm³/mol. The van der Waals surface area contributed by atoms with Gasteiger partial charge in [-0.25, -0.2) is 0 Å². The summed E-state index contributed by atoms with van der Waals surface area (Å²) < 4.78 is 28.8. The van der Waals surface area contributed by atoms with E-state index in [1.165, 1.54) is 0 Å². The summed E-state index contributed by atoms with van der Waals surface area (Å²) in [5.41, 5.74) is 1.53. The maximum Gasteiger partial charge on any atom is 0.267 e. The molecule has 3 N–H and O–H groups in total. The molecule has 0 saturated carbocycles. The largest absolute Gasteiger partial charge is 0.354 e. The van der Waals surface area contributed by atoms with Crippen molar-refractivity contribution in [2.45, 2.75) is 39.2 Å². The number of amides is 2. The van der Waals surface area contributed by atoms with Crippen molar-refractivity contribution in [2.24, 2.45) is 5.92 Å². The van der Waals surface area contributed by atoms with Gasteiger partial charge in [-0.2, -0.15) is 8.42 Å². The Morgan fingerprint density at radius 3 is 2.15 bits per heavy atom. The molecule has 2 aromatic carbocycles. The zero-order valence-corrected chi connectivity index (χ0v) is 20.4. The second-order valence-corrected chi connectivity index (χ2v) is 10.2. The molecule has 0 fully saturated rings. The van der Waals surface area contributed by atoms with Gasteiger partial charge in [0.25, 0.3) is 16.0 Å². The minimum absolute atomic E-state index is 0.0949. The van der Waals surface area contributed by atoms with Crippen LogP contribution in [0.2, 0.25) is 0 Å². The van der Waals surface area contributed by atoms with Crippen molar-refractivity contribution in [1.82, 2.24) is 10.6 Å². The van der Waals surface area contributed by atoms with Crippen molar-refractivity contribution in [3.05, 3.63) is 71.8 Å². The molecule has 9 heteroatoms. The van der Waals surface area contributed by atoms with Gasteiger partial charge in [0, 0.05) is 19.4 Å². The Hall–Kier alpha value is -3.04. The molecule has 2 amide bonds. The van der Waals surface area contributed by atoms with Gasteiger partial charge in [-0.05, 0) is 23.5 Å². The van der Waals surface area contributed by atoms with Crippen LogP contribution in [-0.2, 0) is 36.7 Å². The molecule has 0 bridgehead atoms. The smallest absolute Gasteiger partial charge is 0.267 e. The summed E-state index contributed by atoms with van der Waals surface area (Å²) in [6.07, 6.45) is 0.579. The summed E-state index contributed by atoms with van der Waals surface area (Å²) in [6, 6.07) is 17.5. The van der Waals surface area contributed by atoms with Crippen LogP contribution in [0.1, 0.15) is 31.4 Å². The van der Waals surface area contributed by atoms with Gasteiger partial charge in [-0.15, -0.1) is 0 Å². The highest BCUT2D eigenvalue weighted by molar-refractivity contribution is 7.86. The molecule has 0 spiro atoms. The second-order valence-electron chi connectivity index (χ2n) is 8.44. The highest BCUT2D eigenvalue weighted by Crippen LogP contribution is 2.06. The molecule has 0 unspecified atom stereocenters. The summed E-state index contributed by atoms with van der Waals surface area (Å²) in [6.45, 7) is 3.95. The lowest BCUT2D eigenvalue weighted by Gasteiger charge is -2.19. The Kier molecular flexibility index (Phi) is 10.9. The number of carbonyl (C=O) groups is 2. The third-order valence-electron chi connectivity index (χ3n) is 4.85. The van der Waals surface area contributed by atoms with Crippen molar-refractivity contribution in [1.29, 1.82) is 5.41 Å². The molecule has 8 nitrogen and oxygen atoms in total. The summed E-state index contributed by atoms with van der Waals surface area (Å²) in [4.78, 5) is 25.5.